The summed E-state index contributed by atoms with van der Waals surface area (Å²) < 4.78 is 15.1. The number of hydrogen-bond acceptors (Lipinski definition) is 7. The minimum absolute atomic E-state index is 0.151. The van der Waals surface area contributed by atoms with Gasteiger partial charge < -0.3 is 19.5 Å². The molecule has 0 aliphatic carbocycles. The van der Waals surface area contributed by atoms with Gasteiger partial charge in [0.15, 0.2) is 11.5 Å². The fraction of sp³-hybridized carbons (Fsp3) is 0.250. The van der Waals surface area contributed by atoms with Gasteiger partial charge in [-0.15, -0.1) is 11.3 Å². The largest absolute Gasteiger partial charge is 0.493 e. The number of ether oxygens (including phenoxy) is 3. The Morgan fingerprint density at radius 1 is 1.14 bits per heavy atom. The topological polar surface area (TPSA) is 90.9 Å². The summed E-state index contributed by atoms with van der Waals surface area (Å²) in [5, 5.41) is 4.59. The molecule has 0 aliphatic rings. The second kappa shape index (κ2) is 10.9. The zero-order chi connectivity index (χ0) is 20.4. The molecule has 0 unspecified atom stereocenters. The first-order chi connectivity index (χ1) is 13.5. The summed E-state index contributed by atoms with van der Waals surface area (Å²) in [5.41, 5.74) is 0.693. The van der Waals surface area contributed by atoms with Crippen molar-refractivity contribution < 1.29 is 28.6 Å². The van der Waals surface area contributed by atoms with Gasteiger partial charge in [-0.2, -0.15) is 0 Å². The highest BCUT2D eigenvalue weighted by Crippen LogP contribution is 2.29. The summed E-state index contributed by atoms with van der Waals surface area (Å²) in [6.07, 6.45) is 3.46. The smallest absolute Gasteiger partial charge is 0.330 e. The number of esters is 2. The molecule has 1 N–H and O–H groups in total. The molecule has 0 aliphatic heterocycles. The Morgan fingerprint density at radius 3 is 2.64 bits per heavy atom. The number of hydrogen-bond donors (Lipinski definition) is 1. The summed E-state index contributed by atoms with van der Waals surface area (Å²) in [5.74, 6) is -0.403. The van der Waals surface area contributed by atoms with Crippen molar-refractivity contribution in [2.45, 2.75) is 12.8 Å². The van der Waals surface area contributed by atoms with Crippen LogP contribution in [0.5, 0.6) is 11.5 Å². The molecule has 0 bridgehead atoms. The Kier molecular flexibility index (Phi) is 8.23. The number of carbonyl (C=O) groups excluding carboxylic acids is 3. The summed E-state index contributed by atoms with van der Waals surface area (Å²) >= 11 is 1.36. The molecule has 28 heavy (non-hydrogen) atoms. The van der Waals surface area contributed by atoms with E-state index in [4.69, 9.17) is 9.47 Å². The van der Waals surface area contributed by atoms with Crippen LogP contribution in [0.4, 0.5) is 0 Å². The number of carbonyl (C=O) groups is 3. The van der Waals surface area contributed by atoms with E-state index in [1.165, 1.54) is 31.6 Å². The van der Waals surface area contributed by atoms with Gasteiger partial charge in [0.2, 0.25) is 0 Å². The number of rotatable bonds is 9. The number of thiophene rings is 1. The van der Waals surface area contributed by atoms with Crippen molar-refractivity contribution in [1.82, 2.24) is 5.32 Å². The van der Waals surface area contributed by atoms with E-state index >= 15 is 0 Å². The van der Waals surface area contributed by atoms with Crippen LogP contribution in [0.1, 0.15) is 28.1 Å². The highest BCUT2D eigenvalue weighted by molar-refractivity contribution is 7.12. The fourth-order valence-corrected chi connectivity index (χ4v) is 2.85. The molecular weight excluding hydrogens is 382 g/mol. The van der Waals surface area contributed by atoms with Crippen molar-refractivity contribution in [3.05, 3.63) is 52.2 Å². The quantitative estimate of drug-likeness (QED) is 0.299. The van der Waals surface area contributed by atoms with E-state index in [2.05, 4.69) is 10.1 Å². The Balaban J connectivity index is 1.83. The van der Waals surface area contributed by atoms with Crippen molar-refractivity contribution in [1.29, 1.82) is 0 Å². The van der Waals surface area contributed by atoms with Crippen LogP contribution in [0.3, 0.4) is 0 Å². The Labute approximate surface area is 166 Å². The van der Waals surface area contributed by atoms with E-state index in [0.717, 1.165) is 0 Å². The van der Waals surface area contributed by atoms with Crippen molar-refractivity contribution in [2.24, 2.45) is 0 Å². The average molecular weight is 403 g/mol. The van der Waals surface area contributed by atoms with E-state index in [1.54, 1.807) is 36.4 Å². The minimum atomic E-state index is -0.472. The molecule has 7 nitrogen and oxygen atoms in total. The lowest BCUT2D eigenvalue weighted by molar-refractivity contribution is -0.135. The first-order valence-corrected chi connectivity index (χ1v) is 9.38. The molecule has 2 aromatic rings. The Morgan fingerprint density at radius 2 is 1.96 bits per heavy atom. The van der Waals surface area contributed by atoms with E-state index in [1.807, 2.05) is 5.38 Å². The number of methoxy groups -OCH3 is 2. The predicted octanol–water partition coefficient (Wildman–Crippen LogP) is 3.06. The van der Waals surface area contributed by atoms with Crippen LogP contribution in [0.25, 0.3) is 6.08 Å². The van der Waals surface area contributed by atoms with Gasteiger partial charge in [-0.25, -0.2) is 4.79 Å². The lowest BCUT2D eigenvalue weighted by Gasteiger charge is -2.10. The standard InChI is InChI=1S/C20H21NO6S/c1-25-16-13-14(8-10-18(22)26-2)7-9-15(16)27-19(23)6-3-11-21-20(24)17-5-4-12-28-17/h4-5,7-10,12-13H,3,6,11H2,1-2H3,(H,21,24)/b10-8+. The zero-order valence-electron chi connectivity index (χ0n) is 15.6. The number of amides is 1. The van der Waals surface area contributed by atoms with Crippen molar-refractivity contribution in [3.63, 3.8) is 0 Å². The first kappa shape index (κ1) is 21.2. The third kappa shape index (κ3) is 6.55. The number of benzene rings is 1. The van der Waals surface area contributed by atoms with Crippen molar-refractivity contribution in [3.8, 4) is 11.5 Å². The molecule has 0 spiro atoms. The third-order valence-corrected chi connectivity index (χ3v) is 4.48. The zero-order valence-corrected chi connectivity index (χ0v) is 16.4. The van der Waals surface area contributed by atoms with Gasteiger partial charge >= 0.3 is 11.9 Å². The van der Waals surface area contributed by atoms with Gasteiger partial charge in [0.1, 0.15) is 0 Å². The maximum atomic E-state index is 12.0. The molecule has 8 heteroatoms. The molecule has 0 radical (unpaired) electrons. The monoisotopic (exact) mass is 403 g/mol. The van der Waals surface area contributed by atoms with E-state index < -0.39 is 11.9 Å². The van der Waals surface area contributed by atoms with Gasteiger partial charge in [0.25, 0.3) is 5.91 Å². The molecule has 0 fully saturated rings. The fourth-order valence-electron chi connectivity index (χ4n) is 2.21. The molecule has 1 amide bonds. The van der Waals surface area contributed by atoms with Gasteiger partial charge in [-0.1, -0.05) is 12.1 Å². The summed E-state index contributed by atoms with van der Waals surface area (Å²) in [4.78, 5) is 35.6. The van der Waals surface area contributed by atoms with Crippen LogP contribution >= 0.6 is 11.3 Å². The van der Waals surface area contributed by atoms with Crippen LogP contribution in [-0.4, -0.2) is 38.6 Å². The molecule has 1 aromatic heterocycles. The minimum Gasteiger partial charge on any atom is -0.493 e. The second-order valence-corrected chi connectivity index (χ2v) is 6.53. The van der Waals surface area contributed by atoms with Gasteiger partial charge in [-0.3, -0.25) is 9.59 Å². The lowest BCUT2D eigenvalue weighted by atomic mass is 10.2. The summed E-state index contributed by atoms with van der Waals surface area (Å²) in [7, 11) is 2.75. The second-order valence-electron chi connectivity index (χ2n) is 5.58. The SMILES string of the molecule is COC(=O)/C=C/c1ccc(OC(=O)CCCNC(=O)c2cccs2)c(OC)c1. The summed E-state index contributed by atoms with van der Waals surface area (Å²) in [6.45, 7) is 0.375. The summed E-state index contributed by atoms with van der Waals surface area (Å²) in [6, 6.07) is 8.47. The molecular formula is C20H21NO6S. The van der Waals surface area contributed by atoms with Crippen LogP contribution in [0, 0.1) is 0 Å². The van der Waals surface area contributed by atoms with Crippen LogP contribution in [0.15, 0.2) is 41.8 Å². The molecule has 0 saturated heterocycles. The van der Waals surface area contributed by atoms with Gasteiger partial charge in [0.05, 0.1) is 19.1 Å². The van der Waals surface area contributed by atoms with Crippen LogP contribution in [0.2, 0.25) is 0 Å². The van der Waals surface area contributed by atoms with E-state index in [0.29, 0.717) is 29.2 Å². The normalized spacial score (nSPS) is 10.5. The van der Waals surface area contributed by atoms with E-state index in [9.17, 15) is 14.4 Å². The molecule has 148 valence electrons. The lowest BCUT2D eigenvalue weighted by Crippen LogP contribution is -2.24. The highest BCUT2D eigenvalue weighted by Gasteiger charge is 2.11. The van der Waals surface area contributed by atoms with Crippen LogP contribution in [-0.2, 0) is 14.3 Å². The molecule has 0 saturated carbocycles. The van der Waals surface area contributed by atoms with E-state index in [-0.39, 0.29) is 18.1 Å². The molecule has 1 heterocycles. The molecule has 1 aromatic carbocycles. The maximum absolute atomic E-state index is 12.0. The Hall–Kier alpha value is -3.13. The van der Waals surface area contributed by atoms with Crippen molar-refractivity contribution in [2.75, 3.05) is 20.8 Å². The maximum Gasteiger partial charge on any atom is 0.330 e. The van der Waals surface area contributed by atoms with Gasteiger partial charge in [-0.05, 0) is 41.6 Å². The average Bonchev–Trinajstić information content (AvgIpc) is 3.25. The molecule has 0 atom stereocenters. The van der Waals surface area contributed by atoms with Gasteiger partial charge in [0, 0.05) is 19.0 Å². The Bertz CT molecular complexity index is 844. The first-order valence-electron chi connectivity index (χ1n) is 8.50. The van der Waals surface area contributed by atoms with Crippen molar-refractivity contribution >= 4 is 35.3 Å². The number of nitrogens with one attached hydrogen (secondary N) is 1. The highest BCUT2D eigenvalue weighted by atomic mass is 32.1. The predicted molar refractivity (Wildman–Crippen MR) is 106 cm³/mol. The van der Waals surface area contributed by atoms with Crippen LogP contribution < -0.4 is 14.8 Å². The molecule has 2 rings (SSSR count). The third-order valence-electron chi connectivity index (χ3n) is 3.61.